The van der Waals surface area contributed by atoms with Gasteiger partial charge in [-0.25, -0.2) is 0 Å². The number of likely N-dealkylation sites (N-methyl/N-ethyl adjacent to an activating group) is 1. The van der Waals surface area contributed by atoms with Crippen molar-refractivity contribution in [3.8, 4) is 0 Å². The van der Waals surface area contributed by atoms with E-state index in [9.17, 15) is 14.7 Å². The van der Waals surface area contributed by atoms with E-state index in [1.165, 1.54) is 0 Å². The highest BCUT2D eigenvalue weighted by atomic mass is 16.4. The number of anilines is 1. The summed E-state index contributed by atoms with van der Waals surface area (Å²) in [5.41, 5.74) is 2.01. The van der Waals surface area contributed by atoms with Gasteiger partial charge in [-0.15, -0.1) is 0 Å². The number of benzene rings is 2. The third kappa shape index (κ3) is 4.65. The van der Waals surface area contributed by atoms with Gasteiger partial charge in [0.15, 0.2) is 0 Å². The van der Waals surface area contributed by atoms with Gasteiger partial charge in [0.2, 0.25) is 5.91 Å². The Morgan fingerprint density at radius 3 is 2.50 bits per heavy atom. The number of nitrogens with zero attached hydrogens (tertiary/aromatic N) is 1. The van der Waals surface area contributed by atoms with Gasteiger partial charge in [0, 0.05) is 30.0 Å². The minimum atomic E-state index is -0.697. The van der Waals surface area contributed by atoms with E-state index >= 15 is 0 Å². The molecule has 2 aromatic carbocycles. The molecule has 1 heterocycles. The van der Waals surface area contributed by atoms with Crippen LogP contribution in [-0.2, 0) is 16.0 Å². The molecular weight excluding hydrogens is 402 g/mol. The summed E-state index contributed by atoms with van der Waals surface area (Å²) in [7, 11) is 1.83. The maximum atomic E-state index is 13.1. The number of pyridine rings is 1. The molecule has 0 radical (unpaired) electrons. The molecule has 6 nitrogen and oxygen atoms in total. The minimum absolute atomic E-state index is 0.0849. The topological polar surface area (TPSA) is 91.3 Å². The zero-order valence-electron chi connectivity index (χ0n) is 18.3. The van der Waals surface area contributed by atoms with Gasteiger partial charge >= 0.3 is 5.97 Å². The molecule has 1 saturated carbocycles. The van der Waals surface area contributed by atoms with Crippen LogP contribution in [0, 0.1) is 5.41 Å². The predicted molar refractivity (Wildman–Crippen MR) is 126 cm³/mol. The molecule has 0 spiro atoms. The summed E-state index contributed by atoms with van der Waals surface area (Å²) >= 11 is 0. The van der Waals surface area contributed by atoms with E-state index < -0.39 is 11.4 Å². The molecule has 1 aromatic heterocycles. The van der Waals surface area contributed by atoms with E-state index in [0.29, 0.717) is 13.0 Å². The molecule has 3 aromatic rings. The molecule has 0 aliphatic heterocycles. The van der Waals surface area contributed by atoms with Crippen LogP contribution in [0.25, 0.3) is 10.8 Å². The number of nitrogens with one attached hydrogen (secondary N) is 2. The van der Waals surface area contributed by atoms with Crippen LogP contribution < -0.4 is 10.6 Å². The van der Waals surface area contributed by atoms with Crippen LogP contribution >= 0.6 is 0 Å². The first kappa shape index (κ1) is 22.0. The van der Waals surface area contributed by atoms with E-state index in [4.69, 9.17) is 0 Å². The van der Waals surface area contributed by atoms with Crippen molar-refractivity contribution in [3.05, 3.63) is 72.1 Å². The average molecular weight is 432 g/mol. The smallest absolute Gasteiger partial charge is 0.309 e. The number of aromatic nitrogens is 1. The fourth-order valence-electron chi connectivity index (χ4n) is 4.73. The molecule has 1 aliphatic carbocycles. The van der Waals surface area contributed by atoms with Gasteiger partial charge in [-0.2, -0.15) is 0 Å². The monoisotopic (exact) mass is 431 g/mol. The van der Waals surface area contributed by atoms with Crippen LogP contribution in [0.2, 0.25) is 0 Å². The zero-order chi connectivity index (χ0) is 22.6. The quantitative estimate of drug-likeness (QED) is 0.493. The molecule has 1 atom stereocenters. The number of fused-ring (bicyclic) bond motifs is 1. The van der Waals surface area contributed by atoms with Crippen LogP contribution in [0.5, 0.6) is 0 Å². The van der Waals surface area contributed by atoms with E-state index in [2.05, 4.69) is 15.6 Å². The standard InChI is InChI=1S/C26H29N3O3/c1-27-17-23(24(30)29-22-9-8-21-16-28-13-10-20(21)14-22)19-6-4-18(5-7-19)15-26(25(31)32)11-2-3-12-26/h4-10,13-14,16,23,27H,2-3,11-12,15,17H2,1H3,(H,29,30)(H,31,32). The lowest BCUT2D eigenvalue weighted by atomic mass is 9.80. The number of rotatable bonds is 8. The largest absolute Gasteiger partial charge is 0.481 e. The van der Waals surface area contributed by atoms with Gasteiger partial charge in [0.1, 0.15) is 0 Å². The Morgan fingerprint density at radius 2 is 1.81 bits per heavy atom. The van der Waals surface area contributed by atoms with E-state index in [0.717, 1.165) is 53.3 Å². The lowest BCUT2D eigenvalue weighted by Crippen LogP contribution is -2.30. The van der Waals surface area contributed by atoms with Crippen LogP contribution in [-0.4, -0.2) is 35.6 Å². The fraction of sp³-hybridized carbons (Fsp3) is 0.346. The number of aliphatic carboxylic acids is 1. The molecule has 1 amide bonds. The van der Waals surface area contributed by atoms with Crippen molar-refractivity contribution in [3.63, 3.8) is 0 Å². The SMILES string of the molecule is CNCC(C(=O)Nc1ccc2cnccc2c1)c1ccc(CC2(C(=O)O)CCCC2)cc1. The highest BCUT2D eigenvalue weighted by molar-refractivity contribution is 5.98. The summed E-state index contributed by atoms with van der Waals surface area (Å²) in [5, 5.41) is 17.9. The summed E-state index contributed by atoms with van der Waals surface area (Å²) in [6.07, 6.45) is 7.48. The second-order valence-electron chi connectivity index (χ2n) is 8.75. The molecule has 32 heavy (non-hydrogen) atoms. The molecular formula is C26H29N3O3. The molecule has 1 unspecified atom stereocenters. The Kier molecular flexibility index (Phi) is 6.51. The summed E-state index contributed by atoms with van der Waals surface area (Å²) in [5.74, 6) is -1.14. The number of carbonyl (C=O) groups is 2. The molecule has 3 N–H and O–H groups in total. The van der Waals surface area contributed by atoms with Crippen molar-refractivity contribution < 1.29 is 14.7 Å². The number of carboxylic acid groups (broad SMARTS) is 1. The Labute approximate surface area is 188 Å². The van der Waals surface area contributed by atoms with Gasteiger partial charge in [-0.1, -0.05) is 43.2 Å². The molecule has 6 heteroatoms. The molecule has 166 valence electrons. The highest BCUT2D eigenvalue weighted by Gasteiger charge is 2.41. The van der Waals surface area contributed by atoms with Gasteiger partial charge in [-0.05, 0) is 61.0 Å². The third-order valence-corrected chi connectivity index (χ3v) is 6.57. The number of carbonyl (C=O) groups excluding carboxylic acids is 1. The summed E-state index contributed by atoms with van der Waals surface area (Å²) in [4.78, 5) is 29.1. The highest BCUT2D eigenvalue weighted by Crippen LogP contribution is 2.41. The van der Waals surface area contributed by atoms with Crippen molar-refractivity contribution in [2.75, 3.05) is 18.9 Å². The number of hydrogen-bond acceptors (Lipinski definition) is 4. The van der Waals surface area contributed by atoms with Gasteiger partial charge in [0.05, 0.1) is 11.3 Å². The third-order valence-electron chi connectivity index (χ3n) is 6.57. The van der Waals surface area contributed by atoms with Crippen LogP contribution in [0.15, 0.2) is 60.9 Å². The van der Waals surface area contributed by atoms with Gasteiger partial charge < -0.3 is 15.7 Å². The van der Waals surface area contributed by atoms with Crippen molar-refractivity contribution in [2.45, 2.75) is 38.0 Å². The second kappa shape index (κ2) is 9.49. The summed E-state index contributed by atoms with van der Waals surface area (Å²) < 4.78 is 0. The van der Waals surface area contributed by atoms with Crippen molar-refractivity contribution in [2.24, 2.45) is 5.41 Å². The average Bonchev–Trinajstić information content (AvgIpc) is 3.28. The van der Waals surface area contributed by atoms with Gasteiger partial charge in [-0.3, -0.25) is 14.6 Å². The fourth-order valence-corrected chi connectivity index (χ4v) is 4.73. The maximum Gasteiger partial charge on any atom is 0.309 e. The van der Waals surface area contributed by atoms with Crippen molar-refractivity contribution in [1.29, 1.82) is 0 Å². The Bertz CT molecular complexity index is 1100. The number of hydrogen-bond donors (Lipinski definition) is 3. The van der Waals surface area contributed by atoms with Crippen LogP contribution in [0.3, 0.4) is 0 Å². The molecule has 1 fully saturated rings. The minimum Gasteiger partial charge on any atom is -0.481 e. The lowest BCUT2D eigenvalue weighted by Gasteiger charge is -2.24. The lowest BCUT2D eigenvalue weighted by molar-refractivity contribution is -0.148. The summed E-state index contributed by atoms with van der Waals surface area (Å²) in [6, 6.07) is 15.5. The van der Waals surface area contributed by atoms with Crippen molar-refractivity contribution >= 4 is 28.3 Å². The molecule has 4 rings (SSSR count). The summed E-state index contributed by atoms with van der Waals surface area (Å²) in [6.45, 7) is 0.502. The van der Waals surface area contributed by atoms with Gasteiger partial charge in [0.25, 0.3) is 0 Å². The van der Waals surface area contributed by atoms with E-state index in [1.54, 1.807) is 12.4 Å². The first-order valence-electron chi connectivity index (χ1n) is 11.1. The first-order valence-corrected chi connectivity index (χ1v) is 11.1. The number of carboxylic acids is 1. The van der Waals surface area contributed by atoms with Crippen LogP contribution in [0.1, 0.15) is 42.7 Å². The normalized spacial score (nSPS) is 16.0. The molecule has 0 bridgehead atoms. The number of amides is 1. The Morgan fingerprint density at radius 1 is 1.06 bits per heavy atom. The molecule has 1 aliphatic rings. The zero-order valence-corrected chi connectivity index (χ0v) is 18.3. The Hall–Kier alpha value is -3.25. The predicted octanol–water partition coefficient (Wildman–Crippen LogP) is 4.36. The molecule has 0 saturated heterocycles. The van der Waals surface area contributed by atoms with Crippen molar-refractivity contribution in [1.82, 2.24) is 10.3 Å². The van der Waals surface area contributed by atoms with E-state index in [1.807, 2.05) is 55.6 Å². The van der Waals surface area contributed by atoms with E-state index in [-0.39, 0.29) is 11.8 Å². The van der Waals surface area contributed by atoms with Crippen LogP contribution in [0.4, 0.5) is 5.69 Å². The maximum absolute atomic E-state index is 13.1. The first-order chi connectivity index (χ1) is 15.5. The Balaban J connectivity index is 1.50. The second-order valence-corrected chi connectivity index (χ2v) is 8.75.